The van der Waals surface area contributed by atoms with E-state index in [9.17, 15) is 14.0 Å². The number of amides is 1. The van der Waals surface area contributed by atoms with Gasteiger partial charge in [-0.25, -0.2) is 9.18 Å². The van der Waals surface area contributed by atoms with Crippen molar-refractivity contribution in [1.82, 2.24) is 10.2 Å². The number of hydrogen-bond acceptors (Lipinski definition) is 3. The molecule has 116 valence electrons. The van der Waals surface area contributed by atoms with Crippen molar-refractivity contribution in [3.05, 3.63) is 35.1 Å². The first-order chi connectivity index (χ1) is 9.99. The fourth-order valence-corrected chi connectivity index (χ4v) is 2.00. The molecule has 0 radical (unpaired) electrons. The van der Waals surface area contributed by atoms with Gasteiger partial charge >= 0.3 is 5.97 Å². The third kappa shape index (κ3) is 5.15. The van der Waals surface area contributed by atoms with Crippen LogP contribution in [0.1, 0.15) is 36.2 Å². The summed E-state index contributed by atoms with van der Waals surface area (Å²) in [5.41, 5.74) is 0.309. The van der Waals surface area contributed by atoms with E-state index in [1.54, 1.807) is 11.0 Å². The second kappa shape index (κ2) is 8.36. The normalized spacial score (nSPS) is 10.4. The Balaban J connectivity index is 2.41. The minimum absolute atomic E-state index is 0.0832. The molecule has 0 aromatic heterocycles. The van der Waals surface area contributed by atoms with Gasteiger partial charge in [0.15, 0.2) is 0 Å². The maximum atomic E-state index is 13.5. The third-order valence-corrected chi connectivity index (χ3v) is 3.22. The van der Waals surface area contributed by atoms with Crippen LogP contribution in [-0.2, 0) is 11.3 Å². The van der Waals surface area contributed by atoms with Gasteiger partial charge in [0, 0.05) is 32.6 Å². The van der Waals surface area contributed by atoms with Gasteiger partial charge < -0.3 is 15.3 Å². The van der Waals surface area contributed by atoms with Crippen molar-refractivity contribution in [2.45, 2.75) is 26.8 Å². The summed E-state index contributed by atoms with van der Waals surface area (Å²) in [5.74, 6) is -1.95. The van der Waals surface area contributed by atoms with Crippen molar-refractivity contribution in [2.24, 2.45) is 0 Å². The van der Waals surface area contributed by atoms with Crippen molar-refractivity contribution in [2.75, 3.05) is 19.6 Å². The molecule has 21 heavy (non-hydrogen) atoms. The van der Waals surface area contributed by atoms with Gasteiger partial charge in [-0.05, 0) is 31.5 Å². The van der Waals surface area contributed by atoms with Crippen LogP contribution >= 0.6 is 0 Å². The van der Waals surface area contributed by atoms with Gasteiger partial charge in [0.2, 0.25) is 5.91 Å². The lowest BCUT2D eigenvalue weighted by atomic mass is 10.1. The van der Waals surface area contributed by atoms with E-state index < -0.39 is 11.8 Å². The van der Waals surface area contributed by atoms with Crippen LogP contribution in [-0.4, -0.2) is 41.5 Å². The summed E-state index contributed by atoms with van der Waals surface area (Å²) in [5, 5.41) is 11.8. The fraction of sp³-hybridized carbons (Fsp3) is 0.467. The zero-order valence-corrected chi connectivity index (χ0v) is 12.4. The molecule has 0 atom stereocenters. The molecule has 0 fully saturated rings. The number of aromatic carboxylic acids is 1. The van der Waals surface area contributed by atoms with E-state index in [-0.39, 0.29) is 11.5 Å². The number of benzene rings is 1. The predicted octanol–water partition coefficient (Wildman–Crippen LogP) is 1.87. The highest BCUT2D eigenvalue weighted by atomic mass is 19.1. The lowest BCUT2D eigenvalue weighted by Crippen LogP contribution is -2.32. The molecule has 1 amide bonds. The molecule has 1 aromatic rings. The first kappa shape index (κ1) is 17.1. The van der Waals surface area contributed by atoms with Crippen molar-refractivity contribution in [3.8, 4) is 0 Å². The number of halogens is 1. The number of nitrogens with one attached hydrogen (secondary N) is 1. The molecular weight excluding hydrogens is 275 g/mol. The Morgan fingerprint density at radius 2 is 1.95 bits per heavy atom. The molecule has 0 unspecified atom stereocenters. The second-order valence-corrected chi connectivity index (χ2v) is 4.61. The highest BCUT2D eigenvalue weighted by Crippen LogP contribution is 2.10. The third-order valence-electron chi connectivity index (χ3n) is 3.22. The van der Waals surface area contributed by atoms with Gasteiger partial charge in [-0.3, -0.25) is 4.79 Å². The number of carboxylic acid groups (broad SMARTS) is 1. The summed E-state index contributed by atoms with van der Waals surface area (Å²) >= 11 is 0. The van der Waals surface area contributed by atoms with Crippen molar-refractivity contribution >= 4 is 11.9 Å². The van der Waals surface area contributed by atoms with E-state index in [1.165, 1.54) is 12.1 Å². The van der Waals surface area contributed by atoms with Crippen LogP contribution in [0.5, 0.6) is 0 Å². The molecule has 6 heteroatoms. The highest BCUT2D eigenvalue weighted by Gasteiger charge is 2.11. The SMILES string of the molecule is CCN(CC)C(=O)CCNCc1ccc(C(=O)O)c(F)c1. The summed E-state index contributed by atoms with van der Waals surface area (Å²) in [4.78, 5) is 24.2. The van der Waals surface area contributed by atoms with Gasteiger partial charge in [0.05, 0.1) is 5.56 Å². The molecule has 5 nitrogen and oxygen atoms in total. The Morgan fingerprint density at radius 3 is 2.48 bits per heavy atom. The number of carboxylic acids is 1. The molecule has 1 aromatic carbocycles. The maximum Gasteiger partial charge on any atom is 0.338 e. The topological polar surface area (TPSA) is 69.6 Å². The van der Waals surface area contributed by atoms with E-state index in [1.807, 2.05) is 13.8 Å². The molecule has 0 spiro atoms. The Hall–Kier alpha value is -1.95. The highest BCUT2D eigenvalue weighted by molar-refractivity contribution is 5.87. The Labute approximate surface area is 123 Å². The molecule has 1 rings (SSSR count). The Bertz CT molecular complexity index is 502. The lowest BCUT2D eigenvalue weighted by Gasteiger charge is -2.18. The largest absolute Gasteiger partial charge is 0.478 e. The molecule has 0 aliphatic carbocycles. The van der Waals surface area contributed by atoms with E-state index in [2.05, 4.69) is 5.32 Å². The van der Waals surface area contributed by atoms with Gasteiger partial charge in [0.1, 0.15) is 5.82 Å². The fourth-order valence-electron chi connectivity index (χ4n) is 2.00. The first-order valence-electron chi connectivity index (χ1n) is 6.99. The quantitative estimate of drug-likeness (QED) is 0.719. The average Bonchev–Trinajstić information content (AvgIpc) is 2.44. The zero-order chi connectivity index (χ0) is 15.8. The number of carbonyl (C=O) groups is 2. The minimum Gasteiger partial charge on any atom is -0.478 e. The van der Waals surface area contributed by atoms with Crippen LogP contribution in [0.15, 0.2) is 18.2 Å². The van der Waals surface area contributed by atoms with Crippen LogP contribution in [0.4, 0.5) is 4.39 Å². The van der Waals surface area contributed by atoms with Crippen LogP contribution < -0.4 is 5.32 Å². The zero-order valence-electron chi connectivity index (χ0n) is 12.4. The molecule has 0 saturated heterocycles. The lowest BCUT2D eigenvalue weighted by molar-refractivity contribution is -0.130. The minimum atomic E-state index is -1.28. The van der Waals surface area contributed by atoms with E-state index in [0.29, 0.717) is 38.2 Å². The molecule has 0 aliphatic heterocycles. The van der Waals surface area contributed by atoms with Crippen molar-refractivity contribution in [3.63, 3.8) is 0 Å². The summed E-state index contributed by atoms with van der Waals surface area (Å²) in [6.07, 6.45) is 0.386. The number of hydrogen-bond donors (Lipinski definition) is 2. The summed E-state index contributed by atoms with van der Waals surface area (Å²) in [6.45, 7) is 6.14. The van der Waals surface area contributed by atoms with Crippen LogP contribution in [0.2, 0.25) is 0 Å². The van der Waals surface area contributed by atoms with Gasteiger partial charge in [-0.1, -0.05) is 6.07 Å². The van der Waals surface area contributed by atoms with Gasteiger partial charge in [0.25, 0.3) is 0 Å². The summed E-state index contributed by atoms with van der Waals surface area (Å²) in [6, 6.07) is 4.00. The summed E-state index contributed by atoms with van der Waals surface area (Å²) in [7, 11) is 0. The molecular formula is C15H21FN2O3. The van der Waals surface area contributed by atoms with Crippen molar-refractivity contribution < 1.29 is 19.1 Å². The molecule has 0 saturated carbocycles. The maximum absolute atomic E-state index is 13.5. The standard InChI is InChI=1S/C15H21FN2O3/c1-3-18(4-2)14(19)7-8-17-10-11-5-6-12(15(20)21)13(16)9-11/h5-6,9,17H,3-4,7-8,10H2,1-2H3,(H,20,21). The smallest absolute Gasteiger partial charge is 0.338 e. The summed E-state index contributed by atoms with van der Waals surface area (Å²) < 4.78 is 13.5. The van der Waals surface area contributed by atoms with Gasteiger partial charge in [-0.15, -0.1) is 0 Å². The monoisotopic (exact) mass is 296 g/mol. The van der Waals surface area contributed by atoms with Crippen LogP contribution in [0, 0.1) is 5.82 Å². The number of carbonyl (C=O) groups excluding carboxylic acids is 1. The first-order valence-corrected chi connectivity index (χ1v) is 6.99. The second-order valence-electron chi connectivity index (χ2n) is 4.61. The molecule has 0 bridgehead atoms. The molecule has 2 N–H and O–H groups in total. The van der Waals surface area contributed by atoms with Gasteiger partial charge in [-0.2, -0.15) is 0 Å². The molecule has 0 heterocycles. The average molecular weight is 296 g/mol. The van der Waals surface area contributed by atoms with Crippen molar-refractivity contribution in [1.29, 1.82) is 0 Å². The van der Waals surface area contributed by atoms with E-state index >= 15 is 0 Å². The number of nitrogens with zero attached hydrogens (tertiary/aromatic N) is 1. The van der Waals surface area contributed by atoms with E-state index in [4.69, 9.17) is 5.11 Å². The Morgan fingerprint density at radius 1 is 1.29 bits per heavy atom. The van der Waals surface area contributed by atoms with Crippen LogP contribution in [0.25, 0.3) is 0 Å². The molecule has 0 aliphatic rings. The Kier molecular flexibility index (Phi) is 6.81. The van der Waals surface area contributed by atoms with E-state index in [0.717, 1.165) is 0 Å². The number of rotatable bonds is 8. The predicted molar refractivity (Wildman–Crippen MR) is 77.6 cm³/mol. The van der Waals surface area contributed by atoms with Crippen LogP contribution in [0.3, 0.4) is 0 Å².